The molecule has 2 aromatic carbocycles. The van der Waals surface area contributed by atoms with Crippen molar-refractivity contribution in [1.29, 1.82) is 0 Å². The molecule has 8 nitrogen and oxygen atoms in total. The number of carbonyl (C=O) groups is 1. The normalized spacial score (nSPS) is 11.9. The molecule has 3 rings (SSSR count). The van der Waals surface area contributed by atoms with Crippen molar-refractivity contribution in [1.82, 2.24) is 4.98 Å². The van der Waals surface area contributed by atoms with Crippen molar-refractivity contribution in [3.63, 3.8) is 0 Å². The lowest BCUT2D eigenvalue weighted by Crippen LogP contribution is -2.20. The van der Waals surface area contributed by atoms with E-state index in [1.54, 1.807) is 0 Å². The Morgan fingerprint density at radius 2 is 1.87 bits per heavy atom. The highest BCUT2D eigenvalue weighted by Crippen LogP contribution is 2.36. The predicted molar refractivity (Wildman–Crippen MR) is 111 cm³/mol. The van der Waals surface area contributed by atoms with Crippen LogP contribution in [0.15, 0.2) is 53.1 Å². The summed E-state index contributed by atoms with van der Waals surface area (Å²) in [6, 6.07) is 12.0. The van der Waals surface area contributed by atoms with Crippen molar-refractivity contribution in [2.45, 2.75) is 19.8 Å². The van der Waals surface area contributed by atoms with Gasteiger partial charge in [-0.1, -0.05) is 26.0 Å². The molecule has 0 bridgehead atoms. The van der Waals surface area contributed by atoms with Crippen molar-refractivity contribution < 1.29 is 27.4 Å². The second-order valence-electron chi connectivity index (χ2n) is 6.68. The van der Waals surface area contributed by atoms with Crippen molar-refractivity contribution in [2.24, 2.45) is 0 Å². The summed E-state index contributed by atoms with van der Waals surface area (Å²) in [4.78, 5) is 16.1. The third-order valence-corrected chi connectivity index (χ3v) is 5.18. The van der Waals surface area contributed by atoms with E-state index in [4.69, 9.17) is 9.15 Å². The van der Waals surface area contributed by atoms with Gasteiger partial charge in [-0.05, 0) is 41.8 Å². The Balaban J connectivity index is 1.98. The van der Waals surface area contributed by atoms with Gasteiger partial charge >= 0.3 is 5.97 Å². The molecule has 158 valence electrons. The molecule has 9 heteroatoms. The van der Waals surface area contributed by atoms with Gasteiger partial charge in [-0.15, -0.1) is 0 Å². The van der Waals surface area contributed by atoms with E-state index in [2.05, 4.69) is 23.6 Å². The van der Waals surface area contributed by atoms with Crippen molar-refractivity contribution in [3.8, 4) is 17.2 Å². The fourth-order valence-corrected chi connectivity index (χ4v) is 3.42. The smallest absolute Gasteiger partial charge is 0.337 e. The van der Waals surface area contributed by atoms with Gasteiger partial charge in [0, 0.05) is 5.56 Å². The van der Waals surface area contributed by atoms with Gasteiger partial charge in [0.25, 0.3) is 0 Å². The van der Waals surface area contributed by atoms with Gasteiger partial charge in [0.2, 0.25) is 5.89 Å². The molecule has 1 atom stereocenters. The van der Waals surface area contributed by atoms with E-state index >= 15 is 0 Å². The molecule has 1 heterocycles. The topological polar surface area (TPSA) is 105 Å². The summed E-state index contributed by atoms with van der Waals surface area (Å²) in [6.45, 7) is 4.19. The Hall–Kier alpha value is -3.17. The Labute approximate surface area is 176 Å². The van der Waals surface area contributed by atoms with Gasteiger partial charge in [-0.25, -0.2) is 9.10 Å². The summed E-state index contributed by atoms with van der Waals surface area (Å²) in [5.41, 5.74) is 2.29. The average Bonchev–Trinajstić information content (AvgIpc) is 3.22. The zero-order chi connectivity index (χ0) is 21.8. The van der Waals surface area contributed by atoms with Crippen LogP contribution in [-0.2, 0) is 16.0 Å². The van der Waals surface area contributed by atoms with Crippen LogP contribution >= 0.6 is 0 Å². The standard InChI is InChI=1S/C21H22N2O6S/c1-13(2)14-5-7-15(8-6-14)20-22-19(12-29-20)23(30(25)26)17-10-9-16(21(24)28-4)11-18(17)27-3/h5-13H,1-4H3,(H,25,26)/p-1. The van der Waals surface area contributed by atoms with E-state index in [0.29, 0.717) is 5.92 Å². The SMILES string of the molecule is COC(=O)c1ccc(N(c2coc(-c3ccc(C(C)C)cc3)n2)S(=O)[O-])c(OC)c1. The first-order valence-corrected chi connectivity index (χ1v) is 10.1. The zero-order valence-corrected chi connectivity index (χ0v) is 17.8. The van der Waals surface area contributed by atoms with Gasteiger partial charge in [0.05, 0.1) is 36.7 Å². The minimum atomic E-state index is -2.72. The average molecular weight is 429 g/mol. The molecule has 0 N–H and O–H groups in total. The first-order chi connectivity index (χ1) is 14.3. The molecule has 0 aliphatic carbocycles. The van der Waals surface area contributed by atoms with Gasteiger partial charge in [0.15, 0.2) is 5.82 Å². The number of carbonyl (C=O) groups excluding carboxylic acids is 1. The number of nitrogens with zero attached hydrogens (tertiary/aromatic N) is 2. The summed E-state index contributed by atoms with van der Waals surface area (Å²) in [5.74, 6) is 0.311. The Kier molecular flexibility index (Phi) is 6.53. The Morgan fingerprint density at radius 3 is 2.43 bits per heavy atom. The molecule has 0 aliphatic rings. The summed E-state index contributed by atoms with van der Waals surface area (Å²) in [5, 5.41) is 0. The van der Waals surface area contributed by atoms with Crippen LogP contribution in [0.4, 0.5) is 11.5 Å². The second-order valence-corrected chi connectivity index (χ2v) is 7.48. The third-order valence-electron chi connectivity index (χ3n) is 4.49. The van der Waals surface area contributed by atoms with E-state index < -0.39 is 17.2 Å². The number of hydrogen-bond acceptors (Lipinski definition) is 7. The van der Waals surface area contributed by atoms with Crippen molar-refractivity contribution >= 4 is 28.7 Å². The maximum atomic E-state index is 12.0. The lowest BCUT2D eigenvalue weighted by Gasteiger charge is -2.25. The van der Waals surface area contributed by atoms with Crippen LogP contribution in [0, 0.1) is 0 Å². The zero-order valence-electron chi connectivity index (χ0n) is 16.9. The number of benzene rings is 2. The highest BCUT2D eigenvalue weighted by atomic mass is 32.2. The van der Waals surface area contributed by atoms with E-state index in [0.717, 1.165) is 9.87 Å². The van der Waals surface area contributed by atoms with Gasteiger partial charge in [-0.3, -0.25) is 4.21 Å². The van der Waals surface area contributed by atoms with Crippen LogP contribution in [0.3, 0.4) is 0 Å². The third kappa shape index (κ3) is 4.37. The lowest BCUT2D eigenvalue weighted by atomic mass is 10.0. The van der Waals surface area contributed by atoms with E-state index in [9.17, 15) is 13.6 Å². The monoisotopic (exact) mass is 429 g/mol. The maximum absolute atomic E-state index is 12.0. The van der Waals surface area contributed by atoms with E-state index in [1.807, 2.05) is 24.3 Å². The highest BCUT2D eigenvalue weighted by Gasteiger charge is 2.21. The quantitative estimate of drug-likeness (QED) is 0.409. The molecular weight excluding hydrogens is 408 g/mol. The first-order valence-electron chi connectivity index (χ1n) is 9.07. The number of aromatic nitrogens is 1. The minimum Gasteiger partial charge on any atom is -0.755 e. The van der Waals surface area contributed by atoms with Crippen LogP contribution in [0.2, 0.25) is 0 Å². The Morgan fingerprint density at radius 1 is 1.17 bits per heavy atom. The van der Waals surface area contributed by atoms with E-state index in [-0.39, 0.29) is 28.7 Å². The second kappa shape index (κ2) is 9.10. The molecule has 0 spiro atoms. The molecule has 0 fully saturated rings. The molecule has 30 heavy (non-hydrogen) atoms. The minimum absolute atomic E-state index is 0.0513. The molecule has 0 radical (unpaired) electrons. The van der Waals surface area contributed by atoms with Crippen LogP contribution in [0.25, 0.3) is 11.5 Å². The van der Waals surface area contributed by atoms with Gasteiger partial charge in [-0.2, -0.15) is 4.98 Å². The molecule has 1 unspecified atom stereocenters. The molecule has 3 aromatic rings. The number of oxazole rings is 1. The van der Waals surface area contributed by atoms with Crippen LogP contribution < -0.4 is 9.04 Å². The summed E-state index contributed by atoms with van der Waals surface area (Å²) >= 11 is -2.72. The van der Waals surface area contributed by atoms with E-state index in [1.165, 1.54) is 44.2 Å². The fraction of sp³-hybridized carbons (Fsp3) is 0.238. The maximum Gasteiger partial charge on any atom is 0.337 e. The van der Waals surface area contributed by atoms with Crippen LogP contribution in [0.1, 0.15) is 35.7 Å². The number of hydrogen-bond donors (Lipinski definition) is 0. The lowest BCUT2D eigenvalue weighted by molar-refractivity contribution is 0.0600. The molecule has 1 aromatic heterocycles. The summed E-state index contributed by atoms with van der Waals surface area (Å²) in [6.07, 6.45) is 1.25. The van der Waals surface area contributed by atoms with Crippen molar-refractivity contribution in [2.75, 3.05) is 18.5 Å². The molecular formula is C21H21N2O6S-. The number of anilines is 2. The number of ether oxygens (including phenoxy) is 2. The van der Waals surface area contributed by atoms with Crippen LogP contribution in [-0.4, -0.2) is 33.9 Å². The molecule has 0 saturated heterocycles. The largest absolute Gasteiger partial charge is 0.755 e. The number of methoxy groups -OCH3 is 2. The molecule has 0 amide bonds. The highest BCUT2D eigenvalue weighted by molar-refractivity contribution is 7.81. The molecule has 0 aliphatic heterocycles. The van der Waals surface area contributed by atoms with Crippen molar-refractivity contribution in [3.05, 3.63) is 59.9 Å². The van der Waals surface area contributed by atoms with Gasteiger partial charge < -0.3 is 18.4 Å². The summed E-state index contributed by atoms with van der Waals surface area (Å²) < 4.78 is 40.4. The Bertz CT molecular complexity index is 1060. The van der Waals surface area contributed by atoms with Crippen LogP contribution in [0.5, 0.6) is 5.75 Å². The number of rotatable bonds is 7. The van der Waals surface area contributed by atoms with Gasteiger partial charge in [0.1, 0.15) is 12.0 Å². The predicted octanol–water partition coefficient (Wildman–Crippen LogP) is 4.19. The first kappa shape index (κ1) is 21.5. The molecule has 0 saturated carbocycles. The number of esters is 1. The summed E-state index contributed by atoms with van der Waals surface area (Å²) in [7, 11) is 2.63. The fourth-order valence-electron chi connectivity index (χ4n) is 2.87.